The van der Waals surface area contributed by atoms with Crippen molar-refractivity contribution in [3.05, 3.63) is 66.4 Å². The zero-order valence-electron chi connectivity index (χ0n) is 19.5. The Morgan fingerprint density at radius 2 is 1.94 bits per heavy atom. The Labute approximate surface area is 198 Å². The zero-order valence-corrected chi connectivity index (χ0v) is 19.5. The van der Waals surface area contributed by atoms with Crippen LogP contribution in [0.5, 0.6) is 17.2 Å². The highest BCUT2D eigenvalue weighted by Gasteiger charge is 2.38. The van der Waals surface area contributed by atoms with E-state index in [0.717, 1.165) is 23.4 Å². The lowest BCUT2D eigenvalue weighted by molar-refractivity contribution is -0.119. The van der Waals surface area contributed by atoms with E-state index in [4.69, 9.17) is 13.9 Å². The highest BCUT2D eigenvalue weighted by Crippen LogP contribution is 2.45. The summed E-state index contributed by atoms with van der Waals surface area (Å²) < 4.78 is 17.8. The number of hydrogen-bond donors (Lipinski definition) is 1. The van der Waals surface area contributed by atoms with Crippen LogP contribution in [-0.2, 0) is 4.79 Å². The minimum atomic E-state index is -0.120. The first-order chi connectivity index (χ1) is 16.4. The van der Waals surface area contributed by atoms with Gasteiger partial charge in [-0.2, -0.15) is 0 Å². The number of rotatable bonds is 8. The van der Waals surface area contributed by atoms with Gasteiger partial charge in [0.2, 0.25) is 11.8 Å². The van der Waals surface area contributed by atoms with Crippen molar-refractivity contribution >= 4 is 17.0 Å². The molecule has 1 unspecified atom stereocenters. The number of benzene rings is 2. The maximum absolute atomic E-state index is 11.3. The fourth-order valence-corrected chi connectivity index (χ4v) is 3.65. The van der Waals surface area contributed by atoms with Gasteiger partial charge in [0, 0.05) is 18.4 Å². The Bertz CT molecular complexity index is 1330. The summed E-state index contributed by atoms with van der Waals surface area (Å²) in [6.07, 6.45) is 4.09. The van der Waals surface area contributed by atoms with Gasteiger partial charge in [-0.05, 0) is 61.7 Å². The lowest BCUT2D eigenvalue weighted by Gasteiger charge is -2.12. The molecule has 1 amide bonds. The van der Waals surface area contributed by atoms with Gasteiger partial charge in [-0.1, -0.05) is 19.1 Å². The average Bonchev–Trinajstić information content (AvgIpc) is 3.40. The first-order valence-electron chi connectivity index (χ1n) is 11.4. The molecule has 0 radical (unpaired) electrons. The maximum atomic E-state index is 11.3. The molecule has 1 atom stereocenters. The Morgan fingerprint density at radius 1 is 1.12 bits per heavy atom. The summed E-state index contributed by atoms with van der Waals surface area (Å²) in [6.45, 7) is 6.39. The number of nitrogens with one attached hydrogen (secondary N) is 1. The molecule has 1 saturated carbocycles. The quantitative estimate of drug-likeness (QED) is 0.346. The second-order valence-corrected chi connectivity index (χ2v) is 9.22. The van der Waals surface area contributed by atoms with E-state index in [0.29, 0.717) is 34.1 Å². The van der Waals surface area contributed by atoms with E-state index in [-0.39, 0.29) is 11.9 Å². The molecule has 0 saturated heterocycles. The molecular formula is C27H27N3O4. The molecule has 0 bridgehead atoms. The van der Waals surface area contributed by atoms with Crippen LogP contribution >= 0.6 is 0 Å². The van der Waals surface area contributed by atoms with E-state index in [2.05, 4.69) is 22.2 Å². The first kappa shape index (κ1) is 21.9. The van der Waals surface area contributed by atoms with Crippen LogP contribution in [0.15, 0.2) is 65.2 Å². The fourth-order valence-electron chi connectivity index (χ4n) is 3.65. The molecule has 174 valence electrons. The third kappa shape index (κ3) is 5.03. The minimum Gasteiger partial charge on any atom is -0.493 e. The van der Waals surface area contributed by atoms with E-state index < -0.39 is 0 Å². The van der Waals surface area contributed by atoms with Gasteiger partial charge in [-0.15, -0.1) is 0 Å². The Morgan fingerprint density at radius 3 is 2.68 bits per heavy atom. The molecule has 4 aromatic rings. The van der Waals surface area contributed by atoms with Gasteiger partial charge in [-0.3, -0.25) is 4.79 Å². The normalized spacial score (nSPS) is 15.0. The highest BCUT2D eigenvalue weighted by molar-refractivity contribution is 5.77. The maximum Gasteiger partial charge on any atom is 0.246 e. The Balaban J connectivity index is 1.28. The molecule has 2 aromatic heterocycles. The van der Waals surface area contributed by atoms with E-state index in [1.54, 1.807) is 6.20 Å². The molecule has 1 aliphatic rings. The average molecular weight is 458 g/mol. The largest absolute Gasteiger partial charge is 0.493 e. The smallest absolute Gasteiger partial charge is 0.246 e. The van der Waals surface area contributed by atoms with Crippen LogP contribution in [0.4, 0.5) is 0 Å². The summed E-state index contributed by atoms with van der Waals surface area (Å²) in [5.41, 5.74) is 3.25. The number of hydrogen-bond acceptors (Lipinski definition) is 6. The van der Waals surface area contributed by atoms with Crippen LogP contribution in [0, 0.1) is 5.41 Å². The van der Waals surface area contributed by atoms with E-state index in [1.807, 2.05) is 61.5 Å². The molecule has 7 heteroatoms. The fraction of sp³-hybridized carbons (Fsp3) is 0.296. The molecule has 1 aliphatic carbocycles. The van der Waals surface area contributed by atoms with Crippen molar-refractivity contribution in [3.63, 3.8) is 0 Å². The van der Waals surface area contributed by atoms with Crippen molar-refractivity contribution in [1.82, 2.24) is 15.3 Å². The molecule has 1 N–H and O–H groups in total. The number of nitrogens with zero attached hydrogens (tertiary/aromatic N) is 2. The molecule has 0 spiro atoms. The van der Waals surface area contributed by atoms with Crippen LogP contribution in [0.25, 0.3) is 22.7 Å². The van der Waals surface area contributed by atoms with Crippen LogP contribution in [0.2, 0.25) is 0 Å². The monoisotopic (exact) mass is 457 g/mol. The summed E-state index contributed by atoms with van der Waals surface area (Å²) in [6, 6.07) is 16.9. The van der Waals surface area contributed by atoms with Crippen molar-refractivity contribution in [3.8, 4) is 28.8 Å². The number of carbonyl (C=O) groups is 1. The molecule has 1 fully saturated rings. The lowest BCUT2D eigenvalue weighted by atomic mass is 10.1. The highest BCUT2D eigenvalue weighted by atomic mass is 16.5. The lowest BCUT2D eigenvalue weighted by Crippen LogP contribution is -2.23. The van der Waals surface area contributed by atoms with Gasteiger partial charge in [0.25, 0.3) is 0 Å². The van der Waals surface area contributed by atoms with E-state index >= 15 is 0 Å². The number of fused-ring (bicyclic) bond motifs is 1. The summed E-state index contributed by atoms with van der Waals surface area (Å²) in [4.78, 5) is 20.3. The standard InChI is InChI=1S/C27H27N3O4/c1-17(29-18(2)31)19-7-9-23-25(13-19)34-26(30-23)24-10-8-22(15-28-24)33-21-6-4-5-20(14-21)32-16-27(3)11-12-27/h4-10,13-15,17H,11-12,16H2,1-3H3,(H,29,31). The summed E-state index contributed by atoms with van der Waals surface area (Å²) in [5.74, 6) is 2.45. The summed E-state index contributed by atoms with van der Waals surface area (Å²) >= 11 is 0. The van der Waals surface area contributed by atoms with Crippen molar-refractivity contribution in [2.24, 2.45) is 5.41 Å². The molecule has 0 aliphatic heterocycles. The molecule has 2 aromatic carbocycles. The number of pyridine rings is 1. The second kappa shape index (κ2) is 8.82. The van der Waals surface area contributed by atoms with Crippen molar-refractivity contribution < 1.29 is 18.7 Å². The predicted molar refractivity (Wildman–Crippen MR) is 129 cm³/mol. The van der Waals surface area contributed by atoms with Gasteiger partial charge >= 0.3 is 0 Å². The summed E-state index contributed by atoms with van der Waals surface area (Å²) in [5, 5.41) is 2.87. The molecule has 5 rings (SSSR count). The number of carbonyl (C=O) groups excluding carboxylic acids is 1. The van der Waals surface area contributed by atoms with Crippen molar-refractivity contribution in [1.29, 1.82) is 0 Å². The zero-order chi connectivity index (χ0) is 23.7. The van der Waals surface area contributed by atoms with Gasteiger partial charge in [0.1, 0.15) is 28.5 Å². The van der Waals surface area contributed by atoms with E-state index in [9.17, 15) is 4.79 Å². The minimum absolute atomic E-state index is 0.0794. The first-order valence-corrected chi connectivity index (χ1v) is 11.4. The topological polar surface area (TPSA) is 86.5 Å². The number of ether oxygens (including phenoxy) is 2. The number of aromatic nitrogens is 2. The van der Waals surface area contributed by atoms with Gasteiger partial charge in [0.15, 0.2) is 5.58 Å². The second-order valence-electron chi connectivity index (χ2n) is 9.22. The number of amides is 1. The predicted octanol–water partition coefficient (Wildman–Crippen LogP) is 6.06. The summed E-state index contributed by atoms with van der Waals surface area (Å²) in [7, 11) is 0. The van der Waals surface area contributed by atoms with Crippen LogP contribution < -0.4 is 14.8 Å². The molecular weight excluding hydrogens is 430 g/mol. The van der Waals surface area contributed by atoms with Crippen LogP contribution in [0.1, 0.15) is 45.2 Å². The van der Waals surface area contributed by atoms with Crippen molar-refractivity contribution in [2.75, 3.05) is 6.61 Å². The molecule has 34 heavy (non-hydrogen) atoms. The van der Waals surface area contributed by atoms with Gasteiger partial charge in [0.05, 0.1) is 18.8 Å². The van der Waals surface area contributed by atoms with E-state index in [1.165, 1.54) is 19.8 Å². The Hall–Kier alpha value is -3.87. The third-order valence-electron chi connectivity index (χ3n) is 6.02. The number of oxazole rings is 1. The Kier molecular flexibility index (Phi) is 5.69. The third-order valence-corrected chi connectivity index (χ3v) is 6.02. The van der Waals surface area contributed by atoms with Crippen LogP contribution in [-0.4, -0.2) is 22.5 Å². The molecule has 2 heterocycles. The molecule has 7 nitrogen and oxygen atoms in total. The SMILES string of the molecule is CC(=O)NC(C)c1ccc2nc(-c3ccc(Oc4cccc(OCC5(C)CC5)c4)cn3)oc2c1. The van der Waals surface area contributed by atoms with Crippen LogP contribution in [0.3, 0.4) is 0 Å². The van der Waals surface area contributed by atoms with Gasteiger partial charge < -0.3 is 19.2 Å². The van der Waals surface area contributed by atoms with Crippen molar-refractivity contribution in [2.45, 2.75) is 39.7 Å². The van der Waals surface area contributed by atoms with Gasteiger partial charge in [-0.25, -0.2) is 9.97 Å².